The molecular weight excluding hydrogens is 889 g/mol. The van der Waals surface area contributed by atoms with Crippen LogP contribution in [0.15, 0.2) is 115 Å². The number of ether oxygens (including phenoxy) is 3. The summed E-state index contributed by atoms with van der Waals surface area (Å²) in [6.45, 7) is 5.71. The quantitative estimate of drug-likeness (QED) is 0.0511. The van der Waals surface area contributed by atoms with E-state index in [1.807, 2.05) is 108 Å². The average molecular weight is 951 g/mol. The lowest BCUT2D eigenvalue weighted by atomic mass is 9.81. The molecule has 15 heteroatoms. The fourth-order valence-electron chi connectivity index (χ4n) is 9.74. The van der Waals surface area contributed by atoms with E-state index in [4.69, 9.17) is 19.2 Å². The van der Waals surface area contributed by atoms with Crippen LogP contribution in [0.2, 0.25) is 0 Å². The van der Waals surface area contributed by atoms with Crippen molar-refractivity contribution in [1.82, 2.24) is 20.4 Å². The first-order chi connectivity index (χ1) is 34.1. The molecule has 8 rings (SSSR count). The van der Waals surface area contributed by atoms with Crippen LogP contribution in [-0.2, 0) is 62.5 Å². The van der Waals surface area contributed by atoms with Crippen LogP contribution in [0.3, 0.4) is 0 Å². The van der Waals surface area contributed by atoms with Gasteiger partial charge in [-0.15, -0.1) is 0 Å². The van der Waals surface area contributed by atoms with Gasteiger partial charge in [0.05, 0.1) is 26.4 Å². The van der Waals surface area contributed by atoms with E-state index in [1.54, 1.807) is 4.90 Å². The molecule has 0 aromatic heterocycles. The molecule has 5 amide bonds. The Morgan fingerprint density at radius 3 is 2.29 bits per heavy atom. The number of hydrogen-bond donors (Lipinski definition) is 3. The number of unbranched alkanes of at least 4 members (excludes halogenated alkanes) is 5. The maximum absolute atomic E-state index is 14.8. The zero-order valence-electron chi connectivity index (χ0n) is 39.6. The summed E-state index contributed by atoms with van der Waals surface area (Å²) in [6.07, 6.45) is 6.47. The van der Waals surface area contributed by atoms with Crippen molar-refractivity contribution in [1.29, 1.82) is 0 Å². The molecule has 1 saturated heterocycles. The van der Waals surface area contributed by atoms with Crippen LogP contribution in [0.25, 0.3) is 5.70 Å². The number of carbonyl (C=O) groups is 6. The topological polar surface area (TPSA) is 185 Å². The van der Waals surface area contributed by atoms with Crippen molar-refractivity contribution in [2.24, 2.45) is 4.99 Å². The number of benzene rings is 4. The molecule has 0 aliphatic carbocycles. The second kappa shape index (κ2) is 23.6. The summed E-state index contributed by atoms with van der Waals surface area (Å²) in [4.78, 5) is 86.2. The van der Waals surface area contributed by atoms with E-state index in [0.717, 1.165) is 71.9 Å². The number of fused-ring (bicyclic) bond motifs is 4. The summed E-state index contributed by atoms with van der Waals surface area (Å²) in [7, 11) is 0. The van der Waals surface area contributed by atoms with Crippen LogP contribution in [0.4, 0.5) is 5.69 Å². The van der Waals surface area contributed by atoms with Gasteiger partial charge in [-0.2, -0.15) is 0 Å². The Morgan fingerprint density at radius 2 is 1.50 bits per heavy atom. The van der Waals surface area contributed by atoms with Gasteiger partial charge in [-0.05, 0) is 48.6 Å². The summed E-state index contributed by atoms with van der Waals surface area (Å²) < 4.78 is 17.8. The third kappa shape index (κ3) is 12.1. The molecule has 0 spiro atoms. The first kappa shape index (κ1) is 49.5. The molecule has 4 aromatic rings. The van der Waals surface area contributed by atoms with Crippen LogP contribution in [0, 0.1) is 0 Å². The minimum Gasteiger partial charge on any atom is -0.466 e. The molecule has 3 N–H and O–H groups in total. The van der Waals surface area contributed by atoms with Gasteiger partial charge >= 0.3 is 0 Å². The molecule has 1 unspecified atom stereocenters. The van der Waals surface area contributed by atoms with Gasteiger partial charge in [-0.3, -0.25) is 34.1 Å². The number of amides is 5. The van der Waals surface area contributed by atoms with Crippen molar-refractivity contribution in [2.75, 3.05) is 44.8 Å². The van der Waals surface area contributed by atoms with Crippen molar-refractivity contribution in [2.45, 2.75) is 101 Å². The number of anilines is 1. The highest BCUT2D eigenvalue weighted by Crippen LogP contribution is 2.46. The van der Waals surface area contributed by atoms with E-state index in [2.05, 4.69) is 22.5 Å². The third-order valence-electron chi connectivity index (χ3n) is 13.3. The van der Waals surface area contributed by atoms with Crippen LogP contribution < -0.4 is 16.0 Å². The Hall–Kier alpha value is -6.97. The summed E-state index contributed by atoms with van der Waals surface area (Å²) in [5.41, 5.74) is 5.39. The number of ketones is 1. The third-order valence-corrected chi connectivity index (χ3v) is 13.3. The number of nitrogens with zero attached hydrogens (tertiary/aromatic N) is 3. The first-order valence-electron chi connectivity index (χ1n) is 24.5. The fourth-order valence-corrected chi connectivity index (χ4v) is 9.74. The lowest BCUT2D eigenvalue weighted by molar-refractivity contribution is -0.143. The van der Waals surface area contributed by atoms with E-state index in [0.29, 0.717) is 49.5 Å². The van der Waals surface area contributed by atoms with Crippen molar-refractivity contribution in [3.63, 3.8) is 0 Å². The van der Waals surface area contributed by atoms with E-state index < -0.39 is 17.7 Å². The monoisotopic (exact) mass is 950 g/mol. The van der Waals surface area contributed by atoms with Gasteiger partial charge in [0.2, 0.25) is 29.5 Å². The molecule has 70 heavy (non-hydrogen) atoms. The predicted molar refractivity (Wildman–Crippen MR) is 264 cm³/mol. The highest BCUT2D eigenvalue weighted by molar-refractivity contribution is 6.03. The van der Waals surface area contributed by atoms with Crippen LogP contribution in [-0.4, -0.2) is 102 Å². The van der Waals surface area contributed by atoms with Gasteiger partial charge in [0.1, 0.15) is 12.6 Å². The van der Waals surface area contributed by atoms with E-state index in [1.165, 1.54) is 0 Å². The van der Waals surface area contributed by atoms with Crippen LogP contribution in [0.5, 0.6) is 0 Å². The van der Waals surface area contributed by atoms with Gasteiger partial charge in [0.15, 0.2) is 17.4 Å². The molecule has 366 valence electrons. The summed E-state index contributed by atoms with van der Waals surface area (Å²) in [5.74, 6) is -0.806. The predicted octanol–water partition coefficient (Wildman–Crippen LogP) is 6.60. The number of aliphatic imine (C=N–C) groups is 1. The highest BCUT2D eigenvalue weighted by atomic mass is 16.5. The van der Waals surface area contributed by atoms with Gasteiger partial charge in [0.25, 0.3) is 5.91 Å². The van der Waals surface area contributed by atoms with Crippen molar-refractivity contribution < 1.29 is 43.0 Å². The smallest absolute Gasteiger partial charge is 0.256 e. The maximum Gasteiger partial charge on any atom is 0.256 e. The summed E-state index contributed by atoms with van der Waals surface area (Å²) in [5, 5.41) is 8.35. The second-order valence-electron chi connectivity index (χ2n) is 18.3. The Balaban J connectivity index is 0.680. The largest absolute Gasteiger partial charge is 0.466 e. The molecule has 0 bridgehead atoms. The standard InChI is InChI=1S/C55H62N6O9/c1-38-43-24-16-25-46(45(43)35-61(38)47-27-28-49(64)58-52(47)66)57-48(63)26-13-5-3-2-4-12-22-42(62)37-69-32-31-68-30-29-56-50(65)36-60-34-41-21-14-15-23-44(41)51-55(54(60)67,33-39-17-8-6-9-18-39)59-53(70-51)40-19-10-7-11-20-40/h6-11,14-21,23-25,47,51H,1-5,12-13,22,26-37H2,(H,56,65)(H,57,63)(H,58,64,66)/t47?,51-,55-/m0/s1. The highest BCUT2D eigenvalue weighted by Gasteiger charge is 2.57. The molecule has 4 aromatic carbocycles. The van der Waals surface area contributed by atoms with Gasteiger partial charge < -0.3 is 34.6 Å². The zero-order chi connectivity index (χ0) is 48.9. The van der Waals surface area contributed by atoms with Crippen molar-refractivity contribution in [3.8, 4) is 0 Å². The fraction of sp³-hybridized carbons (Fsp3) is 0.400. The number of imide groups is 1. The van der Waals surface area contributed by atoms with E-state index >= 15 is 0 Å². The van der Waals surface area contributed by atoms with E-state index in [-0.39, 0.29) is 87.8 Å². The molecule has 15 nitrogen and oxygen atoms in total. The molecule has 4 aliphatic rings. The average Bonchev–Trinajstić information content (AvgIpc) is 3.89. The van der Waals surface area contributed by atoms with E-state index in [9.17, 15) is 28.8 Å². The van der Waals surface area contributed by atoms with Crippen LogP contribution in [0.1, 0.15) is 104 Å². The van der Waals surface area contributed by atoms with Crippen molar-refractivity contribution >= 4 is 52.6 Å². The molecule has 0 radical (unpaired) electrons. The number of carbonyl (C=O) groups excluding carboxylic acids is 6. The SMILES string of the molecule is C=C1c2cccc(NC(=O)CCCCCCCCC(=O)COCCOCCNC(=O)CN3Cc4ccccc4[C@@H]4OC(c5ccccc5)=N[C@]4(Cc4ccccc4)C3=O)c2CN1C1CCC(=O)NC1=O. The lowest BCUT2D eigenvalue weighted by Crippen LogP contribution is -2.52. The number of Topliss-reactive ketones (excluding diaryl/α,β-unsaturated/α-hetero) is 1. The van der Waals surface area contributed by atoms with Gasteiger partial charge in [-0.1, -0.05) is 117 Å². The maximum atomic E-state index is 14.8. The lowest BCUT2D eigenvalue weighted by Gasteiger charge is -2.32. The Labute approximate surface area is 409 Å². The second-order valence-corrected chi connectivity index (χ2v) is 18.3. The van der Waals surface area contributed by atoms with Crippen molar-refractivity contribution in [3.05, 3.63) is 143 Å². The molecule has 0 saturated carbocycles. The number of rotatable bonds is 24. The minimum atomic E-state index is -1.33. The number of piperidine rings is 1. The molecule has 3 atom stereocenters. The number of nitrogens with one attached hydrogen (secondary N) is 3. The van der Waals surface area contributed by atoms with Gasteiger partial charge in [-0.25, -0.2) is 4.99 Å². The molecule has 4 aliphatic heterocycles. The Morgan fingerprint density at radius 1 is 0.786 bits per heavy atom. The molecule has 4 heterocycles. The molecule has 1 fully saturated rings. The number of hydrogen-bond acceptors (Lipinski definition) is 11. The summed E-state index contributed by atoms with van der Waals surface area (Å²) >= 11 is 0. The first-order valence-corrected chi connectivity index (χ1v) is 24.5. The molecular formula is C55H62N6O9. The Bertz CT molecular complexity index is 2590. The Kier molecular flexibility index (Phi) is 16.6. The zero-order valence-corrected chi connectivity index (χ0v) is 39.6. The normalized spacial score (nSPS) is 19.3. The van der Waals surface area contributed by atoms with Gasteiger partial charge in [0, 0.05) is 79.0 Å². The summed E-state index contributed by atoms with van der Waals surface area (Å²) in [6, 6.07) is 32.3. The minimum absolute atomic E-state index is 0.0183. The van der Waals surface area contributed by atoms with Crippen LogP contribution >= 0.6 is 0 Å².